The molecular formula is C14H9BrF2O3. The lowest BCUT2D eigenvalue weighted by molar-refractivity contribution is 0.0695. The molecular weight excluding hydrogens is 334 g/mol. The second-order valence-corrected chi connectivity index (χ2v) is 4.85. The van der Waals surface area contributed by atoms with Gasteiger partial charge in [-0.3, -0.25) is 0 Å². The van der Waals surface area contributed by atoms with Crippen LogP contribution in [-0.4, -0.2) is 11.1 Å². The first-order valence-electron chi connectivity index (χ1n) is 5.55. The average molecular weight is 343 g/mol. The number of rotatable bonds is 3. The largest absolute Gasteiger partial charge is 0.478 e. The maximum absolute atomic E-state index is 14.0. The Morgan fingerprint density at radius 1 is 1.20 bits per heavy atom. The van der Waals surface area contributed by atoms with Crippen LogP contribution in [0.1, 0.15) is 15.9 Å². The van der Waals surface area contributed by atoms with Crippen molar-refractivity contribution in [2.24, 2.45) is 0 Å². The normalized spacial score (nSPS) is 10.4. The van der Waals surface area contributed by atoms with Gasteiger partial charge in [0, 0.05) is 6.07 Å². The summed E-state index contributed by atoms with van der Waals surface area (Å²) in [6.07, 6.45) is 0. The monoisotopic (exact) mass is 342 g/mol. The molecule has 0 heterocycles. The highest BCUT2D eigenvalue weighted by atomic mass is 79.9. The Bertz CT molecular complexity index is 686. The summed E-state index contributed by atoms with van der Waals surface area (Å²) < 4.78 is 32.2. The van der Waals surface area contributed by atoms with Gasteiger partial charge < -0.3 is 9.84 Å². The summed E-state index contributed by atoms with van der Waals surface area (Å²) in [6, 6.07) is 6.30. The standard InChI is InChI=1S/C14H9BrF2O3/c1-7-2-3-8(16)6-11(7)20-10-5-4-9(14(18)19)12(15)13(10)17/h2-6H,1H3,(H,18,19). The second kappa shape index (κ2) is 5.58. The lowest BCUT2D eigenvalue weighted by Crippen LogP contribution is -2.01. The zero-order chi connectivity index (χ0) is 14.9. The van der Waals surface area contributed by atoms with Gasteiger partial charge in [0.2, 0.25) is 0 Å². The quantitative estimate of drug-likeness (QED) is 0.891. The molecule has 20 heavy (non-hydrogen) atoms. The molecule has 0 saturated carbocycles. The molecule has 0 fully saturated rings. The van der Waals surface area contributed by atoms with Crippen molar-refractivity contribution in [1.29, 1.82) is 0 Å². The molecule has 2 aromatic carbocycles. The molecule has 2 aromatic rings. The lowest BCUT2D eigenvalue weighted by Gasteiger charge is -2.11. The minimum atomic E-state index is -1.26. The summed E-state index contributed by atoms with van der Waals surface area (Å²) in [5.41, 5.74) is 0.412. The highest BCUT2D eigenvalue weighted by Gasteiger charge is 2.17. The predicted octanol–water partition coefficient (Wildman–Crippen LogP) is 4.53. The van der Waals surface area contributed by atoms with E-state index in [1.165, 1.54) is 24.3 Å². The van der Waals surface area contributed by atoms with Crippen LogP contribution in [0.2, 0.25) is 0 Å². The van der Waals surface area contributed by atoms with Crippen LogP contribution in [0.3, 0.4) is 0 Å². The van der Waals surface area contributed by atoms with Gasteiger partial charge in [0.05, 0.1) is 10.0 Å². The van der Waals surface area contributed by atoms with Gasteiger partial charge in [-0.25, -0.2) is 13.6 Å². The fourth-order valence-electron chi connectivity index (χ4n) is 1.58. The van der Waals surface area contributed by atoms with Crippen LogP contribution in [0.5, 0.6) is 11.5 Å². The van der Waals surface area contributed by atoms with Crippen LogP contribution in [0.4, 0.5) is 8.78 Å². The number of hydrogen-bond acceptors (Lipinski definition) is 2. The Labute approximate surface area is 121 Å². The fraction of sp³-hybridized carbons (Fsp3) is 0.0714. The summed E-state index contributed by atoms with van der Waals surface area (Å²) in [6.45, 7) is 1.69. The van der Waals surface area contributed by atoms with Crippen molar-refractivity contribution in [3.8, 4) is 11.5 Å². The number of carbonyl (C=O) groups is 1. The van der Waals surface area contributed by atoms with Crippen molar-refractivity contribution in [2.45, 2.75) is 6.92 Å². The fourth-order valence-corrected chi connectivity index (χ4v) is 2.08. The topological polar surface area (TPSA) is 46.5 Å². The number of halogens is 3. The van der Waals surface area contributed by atoms with Gasteiger partial charge in [-0.1, -0.05) is 6.07 Å². The number of aryl methyl sites for hydroxylation is 1. The lowest BCUT2D eigenvalue weighted by atomic mass is 10.2. The van der Waals surface area contributed by atoms with Crippen LogP contribution >= 0.6 is 15.9 Å². The van der Waals surface area contributed by atoms with E-state index in [4.69, 9.17) is 9.84 Å². The first-order valence-corrected chi connectivity index (χ1v) is 6.34. The minimum Gasteiger partial charge on any atom is -0.478 e. The van der Waals surface area contributed by atoms with Gasteiger partial charge >= 0.3 is 5.97 Å². The third-order valence-corrected chi connectivity index (χ3v) is 3.42. The summed E-state index contributed by atoms with van der Waals surface area (Å²) in [7, 11) is 0. The van der Waals surface area contributed by atoms with Gasteiger partial charge in [0.1, 0.15) is 11.6 Å². The summed E-state index contributed by atoms with van der Waals surface area (Å²) in [5, 5.41) is 8.86. The molecule has 0 aliphatic heterocycles. The number of aromatic carboxylic acids is 1. The van der Waals surface area contributed by atoms with Crippen molar-refractivity contribution in [3.05, 3.63) is 57.6 Å². The molecule has 0 atom stereocenters. The van der Waals surface area contributed by atoms with Crippen LogP contribution in [0.15, 0.2) is 34.8 Å². The van der Waals surface area contributed by atoms with E-state index in [2.05, 4.69) is 15.9 Å². The van der Waals surface area contributed by atoms with E-state index in [0.29, 0.717) is 5.56 Å². The molecule has 0 unspecified atom stereocenters. The van der Waals surface area contributed by atoms with Crippen LogP contribution in [0, 0.1) is 18.6 Å². The molecule has 6 heteroatoms. The highest BCUT2D eigenvalue weighted by Crippen LogP contribution is 2.33. The minimum absolute atomic E-state index is 0.166. The number of benzene rings is 2. The zero-order valence-electron chi connectivity index (χ0n) is 10.3. The van der Waals surface area contributed by atoms with E-state index in [1.54, 1.807) is 6.92 Å². The molecule has 0 spiro atoms. The summed E-state index contributed by atoms with van der Waals surface area (Å²) in [5.74, 6) is -2.64. The number of ether oxygens (including phenoxy) is 1. The summed E-state index contributed by atoms with van der Waals surface area (Å²) >= 11 is 2.87. The molecule has 1 N–H and O–H groups in total. The Morgan fingerprint density at radius 3 is 2.55 bits per heavy atom. The third kappa shape index (κ3) is 2.80. The van der Waals surface area contributed by atoms with Gasteiger partial charge in [-0.2, -0.15) is 0 Å². The molecule has 0 aliphatic carbocycles. The number of carboxylic acids is 1. The summed E-state index contributed by atoms with van der Waals surface area (Å²) in [4.78, 5) is 10.9. The van der Waals surface area contributed by atoms with Crippen LogP contribution in [-0.2, 0) is 0 Å². The van der Waals surface area contributed by atoms with Gasteiger partial charge in [-0.05, 0) is 46.6 Å². The van der Waals surface area contributed by atoms with E-state index in [1.807, 2.05) is 0 Å². The van der Waals surface area contributed by atoms with Crippen molar-refractivity contribution in [3.63, 3.8) is 0 Å². The molecule has 0 amide bonds. The van der Waals surface area contributed by atoms with Gasteiger partial charge in [-0.15, -0.1) is 0 Å². The van der Waals surface area contributed by atoms with Gasteiger partial charge in [0.25, 0.3) is 0 Å². The average Bonchev–Trinajstić information content (AvgIpc) is 2.39. The molecule has 2 rings (SSSR count). The van der Waals surface area contributed by atoms with E-state index < -0.39 is 17.6 Å². The predicted molar refractivity (Wildman–Crippen MR) is 72.3 cm³/mol. The van der Waals surface area contributed by atoms with Crippen LogP contribution in [0.25, 0.3) is 0 Å². The Balaban J connectivity index is 2.42. The van der Waals surface area contributed by atoms with E-state index in [-0.39, 0.29) is 21.5 Å². The Kier molecular flexibility index (Phi) is 4.04. The second-order valence-electron chi connectivity index (χ2n) is 4.06. The Morgan fingerprint density at radius 2 is 1.90 bits per heavy atom. The maximum atomic E-state index is 14.0. The number of carboxylic acid groups (broad SMARTS) is 1. The molecule has 0 aliphatic rings. The first kappa shape index (κ1) is 14.5. The number of hydrogen-bond donors (Lipinski definition) is 1. The maximum Gasteiger partial charge on any atom is 0.336 e. The molecule has 104 valence electrons. The molecule has 0 saturated heterocycles. The van der Waals surface area contributed by atoms with E-state index >= 15 is 0 Å². The van der Waals surface area contributed by atoms with E-state index in [9.17, 15) is 13.6 Å². The van der Waals surface area contributed by atoms with Gasteiger partial charge in [0.15, 0.2) is 11.6 Å². The molecule has 3 nitrogen and oxygen atoms in total. The van der Waals surface area contributed by atoms with Crippen LogP contribution < -0.4 is 4.74 Å². The van der Waals surface area contributed by atoms with E-state index in [0.717, 1.165) is 6.07 Å². The molecule has 0 radical (unpaired) electrons. The Hall–Kier alpha value is -1.95. The van der Waals surface area contributed by atoms with Crippen molar-refractivity contribution in [2.75, 3.05) is 0 Å². The SMILES string of the molecule is Cc1ccc(F)cc1Oc1ccc(C(=O)O)c(Br)c1F. The third-order valence-electron chi connectivity index (χ3n) is 2.65. The molecule has 0 bridgehead atoms. The van der Waals surface area contributed by atoms with Crippen molar-refractivity contribution < 1.29 is 23.4 Å². The smallest absolute Gasteiger partial charge is 0.336 e. The van der Waals surface area contributed by atoms with Crippen molar-refractivity contribution >= 4 is 21.9 Å². The molecule has 0 aromatic heterocycles. The van der Waals surface area contributed by atoms with Crippen molar-refractivity contribution in [1.82, 2.24) is 0 Å². The first-order chi connectivity index (χ1) is 9.40. The highest BCUT2D eigenvalue weighted by molar-refractivity contribution is 9.10. The zero-order valence-corrected chi connectivity index (χ0v) is 11.9.